The molecule has 0 radical (unpaired) electrons. The number of aryl methyl sites for hydroxylation is 2. The summed E-state index contributed by atoms with van der Waals surface area (Å²) < 4.78 is 8.10. The van der Waals surface area contributed by atoms with Crippen LogP contribution in [-0.4, -0.2) is 64.4 Å². The highest BCUT2D eigenvalue weighted by Gasteiger charge is 2.37. The minimum absolute atomic E-state index is 0.0182. The second-order valence-electron chi connectivity index (χ2n) is 7.81. The number of rotatable bonds is 6. The summed E-state index contributed by atoms with van der Waals surface area (Å²) in [6, 6.07) is 12.3. The molecule has 2 atom stereocenters. The number of hydrogen-bond acceptors (Lipinski definition) is 4. The van der Waals surface area contributed by atoms with Crippen molar-refractivity contribution in [2.45, 2.75) is 44.9 Å². The van der Waals surface area contributed by atoms with E-state index < -0.39 is 0 Å². The predicted octanol–water partition coefficient (Wildman–Crippen LogP) is 2.65. The van der Waals surface area contributed by atoms with Crippen LogP contribution >= 0.6 is 0 Å². The maximum absolute atomic E-state index is 13.2. The van der Waals surface area contributed by atoms with Crippen LogP contribution in [0.3, 0.4) is 0 Å². The molecule has 2 aromatic rings. The van der Waals surface area contributed by atoms with E-state index in [-0.39, 0.29) is 18.1 Å². The van der Waals surface area contributed by atoms with E-state index in [1.165, 1.54) is 12.8 Å². The van der Waals surface area contributed by atoms with Crippen molar-refractivity contribution >= 4 is 5.91 Å². The lowest BCUT2D eigenvalue weighted by Crippen LogP contribution is -2.51. The van der Waals surface area contributed by atoms with Gasteiger partial charge in [-0.05, 0) is 44.5 Å². The van der Waals surface area contributed by atoms with Gasteiger partial charge in [0.1, 0.15) is 0 Å². The van der Waals surface area contributed by atoms with E-state index in [2.05, 4.69) is 22.1 Å². The van der Waals surface area contributed by atoms with E-state index in [9.17, 15) is 4.79 Å². The second-order valence-corrected chi connectivity index (χ2v) is 7.81. The Bertz CT molecular complexity index is 770. The zero-order valence-electron chi connectivity index (χ0n) is 16.7. The van der Waals surface area contributed by atoms with Gasteiger partial charge in [-0.1, -0.05) is 30.3 Å². The number of hydrogen-bond donors (Lipinski definition) is 0. The van der Waals surface area contributed by atoms with Crippen molar-refractivity contribution in [3.05, 3.63) is 53.9 Å². The lowest BCUT2D eigenvalue weighted by Gasteiger charge is -2.43. The normalized spacial score (nSPS) is 23.2. The summed E-state index contributed by atoms with van der Waals surface area (Å²) in [5, 5.41) is 4.31. The summed E-state index contributed by atoms with van der Waals surface area (Å²) in [6.07, 6.45) is 4.78. The molecule has 3 heterocycles. The molecule has 0 unspecified atom stereocenters. The minimum Gasteiger partial charge on any atom is -0.373 e. The van der Waals surface area contributed by atoms with Crippen molar-refractivity contribution in [2.24, 2.45) is 0 Å². The van der Waals surface area contributed by atoms with Crippen molar-refractivity contribution in [3.8, 4) is 0 Å². The summed E-state index contributed by atoms with van der Waals surface area (Å²) in [5.74, 6) is 0.179. The first-order valence-corrected chi connectivity index (χ1v) is 10.4. The van der Waals surface area contributed by atoms with Crippen LogP contribution in [0, 0.1) is 6.92 Å². The van der Waals surface area contributed by atoms with E-state index in [0.29, 0.717) is 26.1 Å². The van der Waals surface area contributed by atoms with Crippen molar-refractivity contribution in [1.29, 1.82) is 0 Å². The molecule has 0 aliphatic carbocycles. The third kappa shape index (κ3) is 4.28. The number of benzene rings is 1. The molecule has 2 fully saturated rings. The molecule has 6 nitrogen and oxygen atoms in total. The molecular weight excluding hydrogens is 352 g/mol. The summed E-state index contributed by atoms with van der Waals surface area (Å²) in [4.78, 5) is 17.7. The highest BCUT2D eigenvalue weighted by atomic mass is 16.5. The second kappa shape index (κ2) is 8.88. The third-order valence-electron chi connectivity index (χ3n) is 5.92. The predicted molar refractivity (Wildman–Crippen MR) is 108 cm³/mol. The van der Waals surface area contributed by atoms with Gasteiger partial charge in [-0.15, -0.1) is 0 Å². The molecule has 0 saturated carbocycles. The Kier molecular flexibility index (Phi) is 6.07. The Balaban J connectivity index is 1.51. The Hall–Kier alpha value is -2.18. The van der Waals surface area contributed by atoms with Crippen LogP contribution in [0.15, 0.2) is 42.6 Å². The average molecular weight is 383 g/mol. The highest BCUT2D eigenvalue weighted by Crippen LogP contribution is 2.31. The molecule has 0 spiro atoms. The molecule has 1 aromatic carbocycles. The number of ether oxygens (including phenoxy) is 1. The van der Waals surface area contributed by atoms with Crippen LogP contribution in [0.5, 0.6) is 0 Å². The fourth-order valence-corrected chi connectivity index (χ4v) is 4.41. The summed E-state index contributed by atoms with van der Waals surface area (Å²) in [5.41, 5.74) is 2.25. The molecule has 2 saturated heterocycles. The summed E-state index contributed by atoms with van der Waals surface area (Å²) >= 11 is 0. The van der Waals surface area contributed by atoms with Gasteiger partial charge in [-0.3, -0.25) is 9.48 Å². The Morgan fingerprint density at radius 1 is 1.14 bits per heavy atom. The highest BCUT2D eigenvalue weighted by molar-refractivity contribution is 5.77. The van der Waals surface area contributed by atoms with Gasteiger partial charge in [-0.2, -0.15) is 5.10 Å². The van der Waals surface area contributed by atoms with E-state index >= 15 is 0 Å². The van der Waals surface area contributed by atoms with E-state index in [4.69, 9.17) is 4.74 Å². The Labute approximate surface area is 167 Å². The number of morpholine rings is 1. The largest absolute Gasteiger partial charge is 0.373 e. The molecule has 0 N–H and O–H groups in total. The zero-order valence-corrected chi connectivity index (χ0v) is 16.7. The molecule has 4 rings (SSSR count). The lowest BCUT2D eigenvalue weighted by atomic mass is 9.97. The summed E-state index contributed by atoms with van der Waals surface area (Å²) in [6.45, 7) is 7.04. The Morgan fingerprint density at radius 2 is 1.93 bits per heavy atom. The van der Waals surface area contributed by atoms with Crippen molar-refractivity contribution < 1.29 is 9.53 Å². The van der Waals surface area contributed by atoms with Crippen molar-refractivity contribution in [2.75, 3.05) is 32.8 Å². The van der Waals surface area contributed by atoms with E-state index in [0.717, 1.165) is 30.9 Å². The maximum Gasteiger partial charge on any atom is 0.225 e. The minimum atomic E-state index is -0.0261. The van der Waals surface area contributed by atoms with Gasteiger partial charge in [0.25, 0.3) is 0 Å². The van der Waals surface area contributed by atoms with Crippen molar-refractivity contribution in [3.63, 3.8) is 0 Å². The van der Waals surface area contributed by atoms with Crippen LogP contribution in [0.1, 0.15) is 36.6 Å². The summed E-state index contributed by atoms with van der Waals surface area (Å²) in [7, 11) is 0. The van der Waals surface area contributed by atoms with Gasteiger partial charge in [0.2, 0.25) is 5.91 Å². The topological polar surface area (TPSA) is 50.6 Å². The molecule has 1 aromatic heterocycles. The van der Waals surface area contributed by atoms with Gasteiger partial charge < -0.3 is 14.5 Å². The van der Waals surface area contributed by atoms with Crippen LogP contribution in [0.4, 0.5) is 0 Å². The Morgan fingerprint density at radius 3 is 2.64 bits per heavy atom. The number of amides is 1. The molecule has 6 heteroatoms. The number of carbonyl (C=O) groups is 1. The average Bonchev–Trinajstić information content (AvgIpc) is 3.38. The monoisotopic (exact) mass is 382 g/mol. The number of carbonyl (C=O) groups excluding carboxylic acids is 1. The zero-order chi connectivity index (χ0) is 19.3. The molecule has 1 amide bonds. The third-order valence-corrected chi connectivity index (χ3v) is 5.92. The van der Waals surface area contributed by atoms with Gasteiger partial charge in [0.15, 0.2) is 0 Å². The van der Waals surface area contributed by atoms with Crippen LogP contribution in [0.25, 0.3) is 0 Å². The van der Waals surface area contributed by atoms with E-state index in [1.807, 2.05) is 40.8 Å². The number of nitrogens with zero attached hydrogens (tertiary/aromatic N) is 4. The number of aromatic nitrogens is 2. The first-order chi connectivity index (χ1) is 13.7. The number of likely N-dealkylation sites (tertiary alicyclic amines) is 1. The standard InChI is InChI=1S/C22H30N4O2/c1-18-9-11-23-26(18)14-10-21(27)25-15-16-28-20(17-24-12-5-6-13-24)22(25)19-7-3-2-4-8-19/h2-4,7-9,11,20,22H,5-6,10,12-17H2,1H3/t20-,22-/m0/s1. The van der Waals surface area contributed by atoms with Crippen LogP contribution in [0.2, 0.25) is 0 Å². The fraction of sp³-hybridized carbons (Fsp3) is 0.545. The molecule has 150 valence electrons. The first kappa shape index (κ1) is 19.2. The van der Waals surface area contributed by atoms with Crippen LogP contribution in [-0.2, 0) is 16.1 Å². The van der Waals surface area contributed by atoms with Crippen LogP contribution < -0.4 is 0 Å². The molecule has 0 bridgehead atoms. The smallest absolute Gasteiger partial charge is 0.225 e. The van der Waals surface area contributed by atoms with Gasteiger partial charge in [0, 0.05) is 37.9 Å². The first-order valence-electron chi connectivity index (χ1n) is 10.4. The van der Waals surface area contributed by atoms with Gasteiger partial charge in [0.05, 0.1) is 18.8 Å². The lowest BCUT2D eigenvalue weighted by molar-refractivity contribution is -0.148. The van der Waals surface area contributed by atoms with Gasteiger partial charge in [-0.25, -0.2) is 0 Å². The quantitative estimate of drug-likeness (QED) is 0.771. The van der Waals surface area contributed by atoms with Gasteiger partial charge >= 0.3 is 0 Å². The SMILES string of the molecule is Cc1ccnn1CCC(=O)N1CCO[C@@H](CN2CCCC2)[C@@H]1c1ccccc1. The van der Waals surface area contributed by atoms with Crippen molar-refractivity contribution in [1.82, 2.24) is 19.6 Å². The molecule has 28 heavy (non-hydrogen) atoms. The molecule has 2 aliphatic rings. The fourth-order valence-electron chi connectivity index (χ4n) is 4.41. The molecule has 2 aliphatic heterocycles. The van der Waals surface area contributed by atoms with E-state index in [1.54, 1.807) is 6.20 Å². The maximum atomic E-state index is 13.2. The molecular formula is C22H30N4O2.